The lowest BCUT2D eigenvalue weighted by Gasteiger charge is -2.13. The number of nitrogens with one attached hydrogen (secondary N) is 1. The van der Waals surface area contributed by atoms with Crippen LogP contribution in [-0.2, 0) is 7.05 Å². The van der Waals surface area contributed by atoms with Gasteiger partial charge in [0, 0.05) is 37.1 Å². The largest absolute Gasteiger partial charge is 0.491 e. The van der Waals surface area contributed by atoms with Crippen LogP contribution in [0.4, 0.5) is 14.5 Å². The number of carbonyl (C=O) groups is 1. The SMILES string of the molecule is CN(C)CCOc1ccc(NC(=O)c2cn(C)nc2-c2ccc(F)cc2F)cc1Cl. The Hall–Kier alpha value is -2.97. The monoisotopic (exact) mass is 434 g/mol. The number of amides is 1. The highest BCUT2D eigenvalue weighted by Crippen LogP contribution is 2.29. The van der Waals surface area contributed by atoms with Crippen molar-refractivity contribution in [2.24, 2.45) is 7.05 Å². The Morgan fingerprint density at radius 2 is 2.00 bits per heavy atom. The molecule has 0 spiro atoms. The fourth-order valence-corrected chi connectivity index (χ4v) is 3.00. The molecule has 1 aromatic heterocycles. The molecule has 0 fully saturated rings. The summed E-state index contributed by atoms with van der Waals surface area (Å²) < 4.78 is 34.5. The molecule has 0 saturated carbocycles. The van der Waals surface area contributed by atoms with Crippen molar-refractivity contribution >= 4 is 23.2 Å². The zero-order chi connectivity index (χ0) is 21.8. The number of carbonyl (C=O) groups excluding carboxylic acids is 1. The highest BCUT2D eigenvalue weighted by Gasteiger charge is 2.20. The molecule has 0 aliphatic rings. The number of rotatable bonds is 7. The smallest absolute Gasteiger partial charge is 0.259 e. The lowest BCUT2D eigenvalue weighted by molar-refractivity contribution is 0.102. The van der Waals surface area contributed by atoms with Crippen LogP contribution >= 0.6 is 11.6 Å². The van der Waals surface area contributed by atoms with Gasteiger partial charge in [-0.25, -0.2) is 8.78 Å². The normalized spacial score (nSPS) is 11.0. The molecule has 30 heavy (non-hydrogen) atoms. The summed E-state index contributed by atoms with van der Waals surface area (Å²) in [5.74, 6) is -1.50. The molecule has 1 heterocycles. The molecule has 0 atom stereocenters. The van der Waals surface area contributed by atoms with Crippen LogP contribution in [0.25, 0.3) is 11.3 Å². The van der Waals surface area contributed by atoms with Gasteiger partial charge in [-0.1, -0.05) is 11.6 Å². The maximum Gasteiger partial charge on any atom is 0.259 e. The molecule has 1 amide bonds. The van der Waals surface area contributed by atoms with E-state index in [0.717, 1.165) is 18.7 Å². The van der Waals surface area contributed by atoms with Crippen molar-refractivity contribution in [1.29, 1.82) is 0 Å². The first kappa shape index (κ1) is 21.7. The molecule has 3 aromatic rings. The molecule has 3 rings (SSSR count). The Morgan fingerprint density at radius 3 is 2.67 bits per heavy atom. The number of halogens is 3. The first-order valence-electron chi connectivity index (χ1n) is 9.12. The van der Waals surface area contributed by atoms with Crippen molar-refractivity contribution in [3.8, 4) is 17.0 Å². The number of hydrogen-bond acceptors (Lipinski definition) is 4. The van der Waals surface area contributed by atoms with Gasteiger partial charge in [-0.3, -0.25) is 9.48 Å². The topological polar surface area (TPSA) is 59.4 Å². The summed E-state index contributed by atoms with van der Waals surface area (Å²) in [6, 6.07) is 8.00. The van der Waals surface area contributed by atoms with Crippen LogP contribution in [0, 0.1) is 11.6 Å². The van der Waals surface area contributed by atoms with Gasteiger partial charge < -0.3 is 15.0 Å². The number of aromatic nitrogens is 2. The third-order valence-electron chi connectivity index (χ3n) is 4.25. The zero-order valence-electron chi connectivity index (χ0n) is 16.7. The van der Waals surface area contributed by atoms with Crippen molar-refractivity contribution in [2.75, 3.05) is 32.6 Å². The van der Waals surface area contributed by atoms with Crippen molar-refractivity contribution in [3.05, 3.63) is 64.8 Å². The minimum absolute atomic E-state index is 0.0322. The summed E-state index contributed by atoms with van der Waals surface area (Å²) in [5.41, 5.74) is 0.733. The van der Waals surface area contributed by atoms with Crippen LogP contribution in [0.5, 0.6) is 5.75 Å². The van der Waals surface area contributed by atoms with Crippen LogP contribution < -0.4 is 10.1 Å². The highest BCUT2D eigenvalue weighted by molar-refractivity contribution is 6.32. The molecule has 0 bridgehead atoms. The lowest BCUT2D eigenvalue weighted by atomic mass is 10.1. The molecule has 0 unspecified atom stereocenters. The van der Waals surface area contributed by atoms with Gasteiger partial charge in [-0.15, -0.1) is 0 Å². The molecule has 0 aliphatic heterocycles. The van der Waals surface area contributed by atoms with Gasteiger partial charge >= 0.3 is 0 Å². The third kappa shape index (κ3) is 5.14. The van der Waals surface area contributed by atoms with E-state index < -0.39 is 17.5 Å². The van der Waals surface area contributed by atoms with E-state index in [2.05, 4.69) is 10.4 Å². The van der Waals surface area contributed by atoms with Crippen molar-refractivity contribution in [3.63, 3.8) is 0 Å². The second-order valence-electron chi connectivity index (χ2n) is 6.94. The predicted molar refractivity (Wildman–Crippen MR) is 112 cm³/mol. The summed E-state index contributed by atoms with van der Waals surface area (Å²) >= 11 is 6.25. The first-order valence-corrected chi connectivity index (χ1v) is 9.50. The second-order valence-corrected chi connectivity index (χ2v) is 7.35. The van der Waals surface area contributed by atoms with Gasteiger partial charge in [0.1, 0.15) is 29.7 Å². The van der Waals surface area contributed by atoms with Crippen LogP contribution in [-0.4, -0.2) is 47.8 Å². The number of ether oxygens (including phenoxy) is 1. The Labute approximate surface area is 178 Å². The molecule has 1 N–H and O–H groups in total. The van der Waals surface area contributed by atoms with Crippen molar-refractivity contribution in [1.82, 2.24) is 14.7 Å². The van der Waals surface area contributed by atoms with Gasteiger partial charge in [-0.2, -0.15) is 5.10 Å². The maximum atomic E-state index is 14.2. The number of anilines is 1. The van der Waals surface area contributed by atoms with E-state index in [1.54, 1.807) is 25.2 Å². The van der Waals surface area contributed by atoms with E-state index in [-0.39, 0.29) is 16.8 Å². The molecule has 9 heteroatoms. The Balaban J connectivity index is 1.79. The fourth-order valence-electron chi connectivity index (χ4n) is 2.77. The van der Waals surface area contributed by atoms with Crippen molar-refractivity contribution < 1.29 is 18.3 Å². The molecule has 158 valence electrons. The van der Waals surface area contributed by atoms with Crippen LogP contribution in [0.2, 0.25) is 5.02 Å². The van der Waals surface area contributed by atoms with Gasteiger partial charge in [0.05, 0.1) is 10.6 Å². The van der Waals surface area contributed by atoms with E-state index in [9.17, 15) is 13.6 Å². The molecule has 0 saturated heterocycles. The molecular weight excluding hydrogens is 414 g/mol. The van der Waals surface area contributed by atoms with E-state index in [0.29, 0.717) is 23.1 Å². The van der Waals surface area contributed by atoms with Gasteiger partial charge in [0.2, 0.25) is 0 Å². The summed E-state index contributed by atoms with van der Waals surface area (Å²) in [6.45, 7) is 1.21. The second kappa shape index (κ2) is 9.23. The van der Waals surface area contributed by atoms with E-state index in [4.69, 9.17) is 16.3 Å². The average Bonchev–Trinajstić information content (AvgIpc) is 3.05. The lowest BCUT2D eigenvalue weighted by Crippen LogP contribution is -2.19. The quantitative estimate of drug-likeness (QED) is 0.605. The number of benzene rings is 2. The summed E-state index contributed by atoms with van der Waals surface area (Å²) in [5, 5.41) is 7.22. The van der Waals surface area contributed by atoms with E-state index in [1.165, 1.54) is 16.9 Å². The van der Waals surface area contributed by atoms with Crippen LogP contribution in [0.15, 0.2) is 42.6 Å². The zero-order valence-corrected chi connectivity index (χ0v) is 17.5. The fraction of sp³-hybridized carbons (Fsp3) is 0.238. The molecule has 2 aromatic carbocycles. The minimum Gasteiger partial charge on any atom is -0.491 e. The minimum atomic E-state index is -0.801. The summed E-state index contributed by atoms with van der Waals surface area (Å²) in [7, 11) is 5.49. The first-order chi connectivity index (χ1) is 14.2. The summed E-state index contributed by atoms with van der Waals surface area (Å²) in [4.78, 5) is 14.8. The number of aryl methyl sites for hydroxylation is 1. The van der Waals surface area contributed by atoms with E-state index >= 15 is 0 Å². The Morgan fingerprint density at radius 1 is 1.23 bits per heavy atom. The van der Waals surface area contributed by atoms with Gasteiger partial charge in [-0.05, 0) is 44.4 Å². The standard InChI is InChI=1S/C21H21ClF2N4O2/c1-27(2)8-9-30-19-7-5-14(11-17(19)22)25-21(29)16-12-28(3)26-20(16)15-6-4-13(23)10-18(15)24/h4-7,10-12H,8-9H2,1-3H3,(H,25,29). The average molecular weight is 435 g/mol. The maximum absolute atomic E-state index is 14.2. The highest BCUT2D eigenvalue weighted by atomic mass is 35.5. The van der Waals surface area contributed by atoms with Gasteiger partial charge in [0.25, 0.3) is 5.91 Å². The molecule has 0 radical (unpaired) electrons. The Kier molecular flexibility index (Phi) is 6.69. The predicted octanol–water partition coefficient (Wildman–Crippen LogP) is 4.21. The summed E-state index contributed by atoms with van der Waals surface area (Å²) in [6.07, 6.45) is 1.47. The van der Waals surface area contributed by atoms with Crippen molar-refractivity contribution in [2.45, 2.75) is 0 Å². The Bertz CT molecular complexity index is 1070. The number of likely N-dealkylation sites (N-methyl/N-ethyl adjacent to an activating group) is 1. The number of nitrogens with zero attached hydrogens (tertiary/aromatic N) is 3. The van der Waals surface area contributed by atoms with Crippen LogP contribution in [0.3, 0.4) is 0 Å². The molecular formula is C21H21ClF2N4O2. The molecule has 6 nitrogen and oxygen atoms in total. The third-order valence-corrected chi connectivity index (χ3v) is 4.54. The molecule has 0 aliphatic carbocycles. The van der Waals surface area contributed by atoms with Gasteiger partial charge in [0.15, 0.2) is 0 Å². The number of hydrogen-bond donors (Lipinski definition) is 1. The van der Waals surface area contributed by atoms with E-state index in [1.807, 2.05) is 19.0 Å². The van der Waals surface area contributed by atoms with Crippen LogP contribution in [0.1, 0.15) is 10.4 Å².